The summed E-state index contributed by atoms with van der Waals surface area (Å²) in [5.74, 6) is 0.496. The van der Waals surface area contributed by atoms with Crippen LogP contribution in [0.15, 0.2) is 34.7 Å². The number of carbonyl (C=O) groups excluding carboxylic acids is 1. The van der Waals surface area contributed by atoms with Gasteiger partial charge >= 0.3 is 0 Å². The summed E-state index contributed by atoms with van der Waals surface area (Å²) in [5.41, 5.74) is 12.0. The maximum absolute atomic E-state index is 11.0. The number of benzene rings is 1. The molecule has 0 aliphatic rings. The zero-order chi connectivity index (χ0) is 12.3. The Morgan fingerprint density at radius 2 is 2.06 bits per heavy atom. The second-order valence-corrected chi connectivity index (χ2v) is 5.55. The average Bonchev–Trinajstić information content (AvgIpc) is 2.69. The Balaban J connectivity index is 2.05. The highest BCUT2D eigenvalue weighted by Crippen LogP contribution is 2.30. The second kappa shape index (κ2) is 5.20. The van der Waals surface area contributed by atoms with E-state index in [4.69, 9.17) is 11.5 Å². The number of hydrogen-bond donors (Lipinski definition) is 2. The predicted molar refractivity (Wildman–Crippen MR) is 71.0 cm³/mol. The molecule has 4 N–H and O–H groups in total. The zero-order valence-corrected chi connectivity index (χ0v) is 10.6. The van der Waals surface area contributed by atoms with E-state index in [0.29, 0.717) is 4.88 Å². The maximum Gasteiger partial charge on any atom is 0.262 e. The topological polar surface area (TPSA) is 82.0 Å². The molecule has 17 heavy (non-hydrogen) atoms. The lowest BCUT2D eigenvalue weighted by atomic mass is 10.2. The first-order chi connectivity index (χ1) is 8.16. The molecule has 88 valence electrons. The van der Waals surface area contributed by atoms with Gasteiger partial charge in [-0.3, -0.25) is 4.79 Å². The lowest BCUT2D eigenvalue weighted by Crippen LogP contribution is -2.10. The van der Waals surface area contributed by atoms with Crippen molar-refractivity contribution in [1.82, 2.24) is 4.98 Å². The van der Waals surface area contributed by atoms with Crippen LogP contribution in [0.2, 0.25) is 0 Å². The van der Waals surface area contributed by atoms with Crippen molar-refractivity contribution in [3.05, 3.63) is 40.8 Å². The fraction of sp³-hybridized carbons (Fsp3) is 0.0909. The molecule has 0 spiro atoms. The normalized spacial score (nSPS) is 10.4. The van der Waals surface area contributed by atoms with Gasteiger partial charge in [0.2, 0.25) is 0 Å². The summed E-state index contributed by atoms with van der Waals surface area (Å²) in [4.78, 5) is 15.5. The number of carbonyl (C=O) groups is 1. The summed E-state index contributed by atoms with van der Waals surface area (Å²) in [6.07, 6.45) is 0. The van der Waals surface area contributed by atoms with Crippen molar-refractivity contribution in [2.24, 2.45) is 5.73 Å². The van der Waals surface area contributed by atoms with Gasteiger partial charge in [0.25, 0.3) is 5.91 Å². The molecule has 1 amide bonds. The summed E-state index contributed by atoms with van der Waals surface area (Å²) in [7, 11) is 0. The first-order valence-corrected chi connectivity index (χ1v) is 6.70. The molecule has 0 saturated heterocycles. The van der Waals surface area contributed by atoms with Crippen LogP contribution in [0.5, 0.6) is 0 Å². The molecular weight excluding hydrogens is 254 g/mol. The number of rotatable bonds is 4. The summed E-state index contributed by atoms with van der Waals surface area (Å²) < 4.78 is 0.764. The van der Waals surface area contributed by atoms with E-state index in [1.165, 1.54) is 16.9 Å². The van der Waals surface area contributed by atoms with E-state index in [2.05, 4.69) is 4.98 Å². The van der Waals surface area contributed by atoms with Crippen LogP contribution in [-0.4, -0.2) is 10.9 Å². The van der Waals surface area contributed by atoms with Crippen LogP contribution >= 0.6 is 23.1 Å². The number of primary amides is 1. The third-order valence-electron chi connectivity index (χ3n) is 2.06. The van der Waals surface area contributed by atoms with Crippen molar-refractivity contribution in [2.45, 2.75) is 10.1 Å². The van der Waals surface area contributed by atoms with Gasteiger partial charge in [-0.1, -0.05) is 42.1 Å². The number of aromatic nitrogens is 1. The summed E-state index contributed by atoms with van der Waals surface area (Å²) in [6.45, 7) is 0. The molecule has 0 unspecified atom stereocenters. The summed E-state index contributed by atoms with van der Waals surface area (Å²) in [6, 6.07) is 10.0. The minimum atomic E-state index is -0.522. The molecule has 0 bridgehead atoms. The van der Waals surface area contributed by atoms with Gasteiger partial charge in [0.15, 0.2) is 4.34 Å². The van der Waals surface area contributed by atoms with Gasteiger partial charge in [0, 0.05) is 5.75 Å². The van der Waals surface area contributed by atoms with Crippen molar-refractivity contribution >= 4 is 34.8 Å². The number of nitrogens with zero attached hydrogens (tertiary/aromatic N) is 1. The summed E-state index contributed by atoms with van der Waals surface area (Å²) in [5, 5.41) is 0. The Kier molecular flexibility index (Phi) is 3.65. The van der Waals surface area contributed by atoms with E-state index < -0.39 is 5.91 Å². The van der Waals surface area contributed by atoms with Crippen LogP contribution in [0, 0.1) is 0 Å². The Labute approximate surface area is 107 Å². The molecule has 4 nitrogen and oxygen atoms in total. The smallest absolute Gasteiger partial charge is 0.262 e. The number of anilines is 1. The number of hydrogen-bond acceptors (Lipinski definition) is 5. The van der Waals surface area contributed by atoms with Crippen LogP contribution in [0.3, 0.4) is 0 Å². The van der Waals surface area contributed by atoms with Crippen molar-refractivity contribution in [1.29, 1.82) is 0 Å². The van der Waals surface area contributed by atoms with E-state index in [0.717, 1.165) is 10.1 Å². The molecule has 0 aliphatic heterocycles. The highest BCUT2D eigenvalue weighted by molar-refractivity contribution is 8.00. The van der Waals surface area contributed by atoms with Crippen molar-refractivity contribution in [2.75, 3.05) is 5.73 Å². The fourth-order valence-corrected chi connectivity index (χ4v) is 3.15. The van der Waals surface area contributed by atoms with E-state index in [9.17, 15) is 4.79 Å². The van der Waals surface area contributed by atoms with Crippen molar-refractivity contribution < 1.29 is 4.79 Å². The first-order valence-electron chi connectivity index (χ1n) is 4.89. The molecule has 0 radical (unpaired) electrons. The Morgan fingerprint density at radius 1 is 1.35 bits per heavy atom. The number of thiazole rings is 1. The first kappa shape index (κ1) is 11.9. The van der Waals surface area contributed by atoms with Gasteiger partial charge in [-0.2, -0.15) is 0 Å². The molecule has 1 heterocycles. The number of amides is 1. The number of nitrogen functional groups attached to an aromatic ring is 1. The molecule has 0 atom stereocenters. The van der Waals surface area contributed by atoms with Gasteiger partial charge < -0.3 is 11.5 Å². The Bertz CT molecular complexity index is 525. The SMILES string of the molecule is NC(=O)c1sc(SCc2ccccc2)nc1N. The molecule has 2 rings (SSSR count). The monoisotopic (exact) mass is 265 g/mol. The lowest BCUT2D eigenvalue weighted by Gasteiger charge is -1.97. The molecule has 0 aliphatic carbocycles. The molecule has 1 aromatic carbocycles. The van der Waals surface area contributed by atoms with Gasteiger partial charge in [0.05, 0.1) is 0 Å². The van der Waals surface area contributed by atoms with Gasteiger partial charge in [-0.05, 0) is 5.56 Å². The van der Waals surface area contributed by atoms with Crippen molar-refractivity contribution in [3.63, 3.8) is 0 Å². The standard InChI is InChI=1S/C11H11N3OS2/c12-9-8(10(13)15)17-11(14-9)16-6-7-4-2-1-3-5-7/h1-5H,6,12H2,(H2,13,15). The highest BCUT2D eigenvalue weighted by Gasteiger charge is 2.13. The minimum absolute atomic E-state index is 0.220. The van der Waals surface area contributed by atoms with E-state index in [1.54, 1.807) is 11.8 Å². The molecule has 2 aromatic rings. The predicted octanol–water partition coefficient (Wildman–Crippen LogP) is 2.12. The van der Waals surface area contributed by atoms with Crippen LogP contribution < -0.4 is 11.5 Å². The van der Waals surface area contributed by atoms with Gasteiger partial charge in [0.1, 0.15) is 10.7 Å². The molecule has 0 saturated carbocycles. The number of nitrogens with two attached hydrogens (primary N) is 2. The molecule has 0 fully saturated rings. The van der Waals surface area contributed by atoms with Crippen molar-refractivity contribution in [3.8, 4) is 0 Å². The lowest BCUT2D eigenvalue weighted by molar-refractivity contribution is 0.100. The van der Waals surface area contributed by atoms with Crippen LogP contribution in [0.1, 0.15) is 15.2 Å². The third-order valence-corrected chi connectivity index (χ3v) is 4.36. The third kappa shape index (κ3) is 2.98. The van der Waals surface area contributed by atoms with Gasteiger partial charge in [-0.15, -0.1) is 11.3 Å². The van der Waals surface area contributed by atoms with E-state index in [-0.39, 0.29) is 5.82 Å². The van der Waals surface area contributed by atoms with E-state index >= 15 is 0 Å². The molecule has 6 heteroatoms. The Hall–Kier alpha value is -1.53. The largest absolute Gasteiger partial charge is 0.382 e. The minimum Gasteiger partial charge on any atom is -0.382 e. The quantitative estimate of drug-likeness (QED) is 0.830. The molecule has 1 aromatic heterocycles. The van der Waals surface area contributed by atoms with Crippen LogP contribution in [-0.2, 0) is 5.75 Å². The van der Waals surface area contributed by atoms with E-state index in [1.807, 2.05) is 30.3 Å². The van der Waals surface area contributed by atoms with Crippen LogP contribution in [0.25, 0.3) is 0 Å². The van der Waals surface area contributed by atoms with Gasteiger partial charge in [-0.25, -0.2) is 4.98 Å². The highest BCUT2D eigenvalue weighted by atomic mass is 32.2. The second-order valence-electron chi connectivity index (χ2n) is 3.33. The van der Waals surface area contributed by atoms with Crippen LogP contribution in [0.4, 0.5) is 5.82 Å². The number of thioether (sulfide) groups is 1. The average molecular weight is 265 g/mol. The zero-order valence-electron chi connectivity index (χ0n) is 8.92. The molecular formula is C11H11N3OS2. The Morgan fingerprint density at radius 3 is 2.65 bits per heavy atom. The fourth-order valence-electron chi connectivity index (χ4n) is 1.27. The maximum atomic E-state index is 11.0. The summed E-state index contributed by atoms with van der Waals surface area (Å²) >= 11 is 2.78.